The minimum absolute atomic E-state index is 0.440. The molecule has 2 N–H and O–H groups in total. The molecule has 2 aromatic carbocycles. The second kappa shape index (κ2) is 10.4. The molecule has 2 heterocycles. The summed E-state index contributed by atoms with van der Waals surface area (Å²) in [5, 5.41) is 14.5. The Hall–Kier alpha value is -2.50. The summed E-state index contributed by atoms with van der Waals surface area (Å²) in [7, 11) is 0. The number of ether oxygens (including phenoxy) is 1. The maximum atomic E-state index is 10.9. The Morgan fingerprint density at radius 1 is 1.06 bits per heavy atom. The molecule has 0 bridgehead atoms. The van der Waals surface area contributed by atoms with Crippen molar-refractivity contribution in [2.45, 2.75) is 51.8 Å². The molecule has 2 aliphatic heterocycles. The first kappa shape index (κ1) is 22.7. The largest absolute Gasteiger partial charge is 0.491 e. The highest BCUT2D eigenvalue weighted by atomic mass is 16.5. The van der Waals surface area contributed by atoms with Gasteiger partial charge >= 0.3 is 0 Å². The van der Waals surface area contributed by atoms with Crippen LogP contribution in [-0.4, -0.2) is 59.8 Å². The molecule has 0 spiro atoms. The third kappa shape index (κ3) is 5.28. The van der Waals surface area contributed by atoms with Crippen LogP contribution in [0.5, 0.6) is 5.75 Å². The molecule has 0 aliphatic carbocycles. The van der Waals surface area contributed by atoms with Gasteiger partial charge in [-0.25, -0.2) is 0 Å². The topological polar surface area (TPSA) is 48.0 Å². The first-order chi connectivity index (χ1) is 15.6. The lowest BCUT2D eigenvalue weighted by Crippen LogP contribution is -2.42. The SMILES string of the molecule is C=C1c2cc(NC(CC)CC)ccc2OCCN1C[C@@H](O)CN1CCc2ccccc2C1. The summed E-state index contributed by atoms with van der Waals surface area (Å²) in [6, 6.07) is 15.4. The van der Waals surface area contributed by atoms with E-state index in [2.05, 4.69) is 71.9 Å². The fourth-order valence-corrected chi connectivity index (χ4v) is 4.79. The molecule has 32 heavy (non-hydrogen) atoms. The van der Waals surface area contributed by atoms with Crippen LogP contribution >= 0.6 is 0 Å². The maximum Gasteiger partial charge on any atom is 0.128 e. The van der Waals surface area contributed by atoms with Gasteiger partial charge in [0.25, 0.3) is 0 Å². The molecule has 2 aromatic rings. The molecule has 0 unspecified atom stereocenters. The van der Waals surface area contributed by atoms with Crippen molar-refractivity contribution < 1.29 is 9.84 Å². The predicted molar refractivity (Wildman–Crippen MR) is 132 cm³/mol. The lowest BCUT2D eigenvalue weighted by molar-refractivity contribution is 0.0825. The zero-order chi connectivity index (χ0) is 22.5. The Balaban J connectivity index is 1.40. The predicted octanol–water partition coefficient (Wildman–Crippen LogP) is 4.37. The van der Waals surface area contributed by atoms with Crippen molar-refractivity contribution in [3.8, 4) is 5.75 Å². The Morgan fingerprint density at radius 3 is 2.62 bits per heavy atom. The molecule has 1 atom stereocenters. The fourth-order valence-electron chi connectivity index (χ4n) is 4.79. The maximum absolute atomic E-state index is 10.9. The van der Waals surface area contributed by atoms with Crippen LogP contribution in [-0.2, 0) is 13.0 Å². The number of anilines is 1. The molecule has 2 aliphatic rings. The number of hydrogen-bond acceptors (Lipinski definition) is 5. The second-order valence-electron chi connectivity index (χ2n) is 9.02. The van der Waals surface area contributed by atoms with E-state index in [1.807, 2.05) is 6.07 Å². The van der Waals surface area contributed by atoms with Gasteiger partial charge in [-0.05, 0) is 48.6 Å². The highest BCUT2D eigenvalue weighted by Crippen LogP contribution is 2.33. The third-order valence-corrected chi connectivity index (χ3v) is 6.76. The van der Waals surface area contributed by atoms with Gasteiger partial charge in [0, 0.05) is 49.2 Å². The summed E-state index contributed by atoms with van der Waals surface area (Å²) < 4.78 is 6.01. The van der Waals surface area contributed by atoms with Crippen molar-refractivity contribution in [1.29, 1.82) is 0 Å². The average Bonchev–Trinajstić information content (AvgIpc) is 2.96. The minimum atomic E-state index is -0.440. The van der Waals surface area contributed by atoms with E-state index in [1.165, 1.54) is 11.1 Å². The lowest BCUT2D eigenvalue weighted by Gasteiger charge is -2.33. The molecule has 0 saturated carbocycles. The van der Waals surface area contributed by atoms with Crippen LogP contribution in [0.1, 0.15) is 43.4 Å². The number of aliphatic hydroxyl groups is 1. The Labute approximate surface area is 192 Å². The first-order valence-corrected chi connectivity index (χ1v) is 12.0. The summed E-state index contributed by atoms with van der Waals surface area (Å²) in [5.74, 6) is 0.870. The van der Waals surface area contributed by atoms with Crippen LogP contribution in [0.15, 0.2) is 49.0 Å². The van der Waals surface area contributed by atoms with Crippen LogP contribution in [0.25, 0.3) is 5.70 Å². The number of nitrogens with one attached hydrogen (secondary N) is 1. The quantitative estimate of drug-likeness (QED) is 0.645. The summed E-state index contributed by atoms with van der Waals surface area (Å²) in [4.78, 5) is 4.53. The molecular formula is C27H37N3O2. The molecule has 5 nitrogen and oxygen atoms in total. The Morgan fingerprint density at radius 2 is 1.84 bits per heavy atom. The van der Waals surface area contributed by atoms with Gasteiger partial charge in [-0.1, -0.05) is 44.7 Å². The number of β-amino-alcohol motifs (C(OH)–C–C–N with tert-alkyl or cyclic N) is 1. The van der Waals surface area contributed by atoms with Crippen LogP contribution < -0.4 is 10.1 Å². The molecule has 0 fully saturated rings. The van der Waals surface area contributed by atoms with Gasteiger partial charge in [-0.3, -0.25) is 4.90 Å². The van der Waals surface area contributed by atoms with Crippen LogP contribution in [0.4, 0.5) is 5.69 Å². The van der Waals surface area contributed by atoms with Crippen LogP contribution in [0.2, 0.25) is 0 Å². The van der Waals surface area contributed by atoms with Crippen molar-refractivity contribution in [2.75, 3.05) is 38.1 Å². The van der Waals surface area contributed by atoms with Crippen LogP contribution in [0, 0.1) is 0 Å². The van der Waals surface area contributed by atoms with Gasteiger partial charge in [0.15, 0.2) is 0 Å². The molecule has 0 amide bonds. The number of rotatable bonds is 8. The van der Waals surface area contributed by atoms with Crippen molar-refractivity contribution in [1.82, 2.24) is 9.80 Å². The number of benzene rings is 2. The van der Waals surface area contributed by atoms with E-state index in [1.54, 1.807) is 0 Å². The van der Waals surface area contributed by atoms with Crippen molar-refractivity contribution >= 4 is 11.4 Å². The van der Waals surface area contributed by atoms with Gasteiger partial charge in [0.1, 0.15) is 12.4 Å². The van der Waals surface area contributed by atoms with Crippen molar-refractivity contribution in [2.24, 2.45) is 0 Å². The lowest BCUT2D eigenvalue weighted by atomic mass is 10.00. The van der Waals surface area contributed by atoms with Gasteiger partial charge in [-0.15, -0.1) is 0 Å². The van der Waals surface area contributed by atoms with E-state index in [9.17, 15) is 5.11 Å². The number of fused-ring (bicyclic) bond motifs is 2. The molecule has 4 rings (SSSR count). The van der Waals surface area contributed by atoms with E-state index >= 15 is 0 Å². The van der Waals surface area contributed by atoms with E-state index < -0.39 is 6.10 Å². The molecule has 0 aromatic heterocycles. The molecule has 5 heteroatoms. The summed E-state index contributed by atoms with van der Waals surface area (Å²) in [5.41, 5.74) is 5.85. The van der Waals surface area contributed by atoms with Crippen molar-refractivity contribution in [3.05, 3.63) is 65.7 Å². The normalized spacial score (nSPS) is 17.4. The standard InChI is InChI=1S/C27H37N3O2/c1-4-23(5-2)28-24-10-11-27-26(16-24)20(3)30(14-15-32-27)19-25(31)18-29-13-12-21-8-6-7-9-22(21)17-29/h6-11,16,23,25,28,31H,3-5,12-15,17-19H2,1-2H3/t25-/m0/s1. The highest BCUT2D eigenvalue weighted by molar-refractivity contribution is 5.72. The minimum Gasteiger partial charge on any atom is -0.491 e. The van der Waals surface area contributed by atoms with E-state index in [0.717, 1.165) is 61.6 Å². The summed E-state index contributed by atoms with van der Waals surface area (Å²) >= 11 is 0. The van der Waals surface area contributed by atoms with Gasteiger partial charge in [0.05, 0.1) is 12.6 Å². The summed E-state index contributed by atoms with van der Waals surface area (Å²) in [6.07, 6.45) is 2.78. The van der Waals surface area contributed by atoms with Gasteiger partial charge < -0.3 is 20.1 Å². The average molecular weight is 436 g/mol. The van der Waals surface area contributed by atoms with Crippen molar-refractivity contribution in [3.63, 3.8) is 0 Å². The first-order valence-electron chi connectivity index (χ1n) is 12.0. The second-order valence-corrected chi connectivity index (χ2v) is 9.02. The van der Waals surface area contributed by atoms with Crippen LogP contribution in [0.3, 0.4) is 0 Å². The Kier molecular flexibility index (Phi) is 7.38. The number of hydrogen-bond donors (Lipinski definition) is 2. The fraction of sp³-hybridized carbons (Fsp3) is 0.481. The van der Waals surface area contributed by atoms with Gasteiger partial charge in [-0.2, -0.15) is 0 Å². The van der Waals surface area contributed by atoms with E-state index in [0.29, 0.717) is 25.7 Å². The zero-order valence-electron chi connectivity index (χ0n) is 19.5. The molecular weight excluding hydrogens is 398 g/mol. The van der Waals surface area contributed by atoms with E-state index in [-0.39, 0.29) is 0 Å². The van der Waals surface area contributed by atoms with E-state index in [4.69, 9.17) is 4.74 Å². The monoisotopic (exact) mass is 435 g/mol. The smallest absolute Gasteiger partial charge is 0.128 e. The Bertz CT molecular complexity index is 925. The molecule has 0 saturated heterocycles. The molecule has 172 valence electrons. The van der Waals surface area contributed by atoms with Gasteiger partial charge in [0.2, 0.25) is 0 Å². The zero-order valence-corrected chi connectivity index (χ0v) is 19.5. The number of aliphatic hydroxyl groups excluding tert-OH is 1. The third-order valence-electron chi connectivity index (χ3n) is 6.76. The summed E-state index contributed by atoms with van der Waals surface area (Å²) in [6.45, 7) is 13.2. The molecule has 0 radical (unpaired) electrons. The number of nitrogens with zero attached hydrogens (tertiary/aromatic N) is 2. The highest BCUT2D eigenvalue weighted by Gasteiger charge is 2.24.